The monoisotopic (exact) mass is 246 g/mol. The molecule has 2 rings (SSSR count). The van der Waals surface area contributed by atoms with E-state index < -0.39 is 0 Å². The maximum absolute atomic E-state index is 4.09. The molecule has 0 fully saturated rings. The van der Waals surface area contributed by atoms with E-state index in [1.807, 2.05) is 12.4 Å². The molecular weight excluding hydrogens is 228 g/mol. The van der Waals surface area contributed by atoms with Gasteiger partial charge in [0.25, 0.3) is 0 Å². The first-order valence-electron chi connectivity index (χ1n) is 6.00. The molecule has 2 aromatic rings. The van der Waals surface area contributed by atoms with Gasteiger partial charge in [-0.05, 0) is 54.6 Å². The molecule has 90 valence electrons. The Labute approximate surface area is 107 Å². The van der Waals surface area contributed by atoms with E-state index in [2.05, 4.69) is 47.7 Å². The average Bonchev–Trinajstić information content (AvgIpc) is 2.78. The molecule has 2 aromatic heterocycles. The fraction of sp³-hybridized carbons (Fsp3) is 0.357. The van der Waals surface area contributed by atoms with Gasteiger partial charge in [-0.2, -0.15) is 0 Å². The molecule has 0 aliphatic rings. The molecule has 1 N–H and O–H groups in total. The molecule has 0 saturated heterocycles. The summed E-state index contributed by atoms with van der Waals surface area (Å²) in [5, 5.41) is 5.77. The summed E-state index contributed by atoms with van der Waals surface area (Å²) in [6.07, 6.45) is 4.86. The smallest absolute Gasteiger partial charge is 0.0588 e. The van der Waals surface area contributed by atoms with Crippen LogP contribution in [0, 0.1) is 6.92 Å². The summed E-state index contributed by atoms with van der Waals surface area (Å²) in [5.41, 5.74) is 2.67. The van der Waals surface area contributed by atoms with Crippen molar-refractivity contribution >= 4 is 11.3 Å². The highest BCUT2D eigenvalue weighted by Crippen LogP contribution is 2.27. The van der Waals surface area contributed by atoms with Gasteiger partial charge in [0.05, 0.1) is 6.04 Å². The Bertz CT molecular complexity index is 450. The van der Waals surface area contributed by atoms with Crippen molar-refractivity contribution in [1.29, 1.82) is 0 Å². The van der Waals surface area contributed by atoms with Crippen LogP contribution in [0.4, 0.5) is 0 Å². The van der Waals surface area contributed by atoms with Gasteiger partial charge in [0.2, 0.25) is 0 Å². The van der Waals surface area contributed by atoms with Gasteiger partial charge in [-0.3, -0.25) is 4.98 Å². The van der Waals surface area contributed by atoms with Crippen LogP contribution in [0.2, 0.25) is 0 Å². The lowest BCUT2D eigenvalue weighted by atomic mass is 10.0. The Hall–Kier alpha value is -1.19. The van der Waals surface area contributed by atoms with Crippen LogP contribution in [0.15, 0.2) is 36.0 Å². The van der Waals surface area contributed by atoms with E-state index in [0.717, 1.165) is 13.0 Å². The van der Waals surface area contributed by atoms with Crippen LogP contribution in [0.5, 0.6) is 0 Å². The van der Waals surface area contributed by atoms with Crippen molar-refractivity contribution in [2.75, 3.05) is 6.54 Å². The molecule has 0 amide bonds. The minimum absolute atomic E-state index is 0.296. The van der Waals surface area contributed by atoms with Gasteiger partial charge >= 0.3 is 0 Å². The van der Waals surface area contributed by atoms with Gasteiger partial charge in [0.1, 0.15) is 0 Å². The zero-order valence-electron chi connectivity index (χ0n) is 10.3. The van der Waals surface area contributed by atoms with Gasteiger partial charge in [-0.25, -0.2) is 0 Å². The SMILES string of the molecule is CCCNC(c1ccncc1)c1ccsc1C. The summed E-state index contributed by atoms with van der Waals surface area (Å²) < 4.78 is 0. The van der Waals surface area contributed by atoms with Crippen LogP contribution in [-0.4, -0.2) is 11.5 Å². The van der Waals surface area contributed by atoms with E-state index in [1.165, 1.54) is 16.0 Å². The number of aromatic nitrogens is 1. The van der Waals surface area contributed by atoms with Gasteiger partial charge in [0.15, 0.2) is 0 Å². The number of hydrogen-bond acceptors (Lipinski definition) is 3. The molecule has 0 spiro atoms. The molecular formula is C14H18N2S. The third-order valence-corrected chi connectivity index (χ3v) is 3.71. The number of pyridine rings is 1. The number of hydrogen-bond donors (Lipinski definition) is 1. The summed E-state index contributed by atoms with van der Waals surface area (Å²) in [6.45, 7) is 5.40. The van der Waals surface area contributed by atoms with Crippen molar-refractivity contribution in [3.8, 4) is 0 Å². The summed E-state index contributed by atoms with van der Waals surface area (Å²) in [5.74, 6) is 0. The van der Waals surface area contributed by atoms with E-state index in [4.69, 9.17) is 0 Å². The normalized spacial score (nSPS) is 12.6. The standard InChI is InChI=1S/C14H18N2S/c1-3-7-16-14(12-4-8-15-9-5-12)13-6-10-17-11(13)2/h4-6,8-10,14,16H,3,7H2,1-2H3. The molecule has 3 heteroatoms. The maximum atomic E-state index is 4.09. The fourth-order valence-electron chi connectivity index (χ4n) is 1.95. The number of nitrogens with zero attached hydrogens (tertiary/aromatic N) is 1. The lowest BCUT2D eigenvalue weighted by molar-refractivity contribution is 0.597. The first-order valence-corrected chi connectivity index (χ1v) is 6.88. The Morgan fingerprint density at radius 3 is 2.65 bits per heavy atom. The average molecular weight is 246 g/mol. The molecule has 17 heavy (non-hydrogen) atoms. The van der Waals surface area contributed by atoms with Crippen molar-refractivity contribution in [1.82, 2.24) is 10.3 Å². The van der Waals surface area contributed by atoms with E-state index in [0.29, 0.717) is 6.04 Å². The van der Waals surface area contributed by atoms with E-state index in [9.17, 15) is 0 Å². The second-order valence-corrected chi connectivity index (χ2v) is 5.22. The summed E-state index contributed by atoms with van der Waals surface area (Å²) >= 11 is 1.81. The molecule has 0 aromatic carbocycles. The van der Waals surface area contributed by atoms with E-state index >= 15 is 0 Å². The van der Waals surface area contributed by atoms with Gasteiger partial charge in [0, 0.05) is 17.3 Å². The highest BCUT2D eigenvalue weighted by Gasteiger charge is 2.15. The first-order chi connectivity index (χ1) is 8.33. The highest BCUT2D eigenvalue weighted by atomic mass is 32.1. The zero-order chi connectivity index (χ0) is 12.1. The van der Waals surface area contributed by atoms with Crippen LogP contribution in [0.25, 0.3) is 0 Å². The fourth-order valence-corrected chi connectivity index (χ4v) is 2.69. The molecule has 0 aliphatic carbocycles. The van der Waals surface area contributed by atoms with Crippen molar-refractivity contribution in [2.24, 2.45) is 0 Å². The van der Waals surface area contributed by atoms with Crippen LogP contribution >= 0.6 is 11.3 Å². The minimum atomic E-state index is 0.296. The van der Waals surface area contributed by atoms with Crippen molar-refractivity contribution < 1.29 is 0 Å². The molecule has 0 radical (unpaired) electrons. The Morgan fingerprint density at radius 2 is 2.06 bits per heavy atom. The summed E-state index contributed by atoms with van der Waals surface area (Å²) in [4.78, 5) is 5.47. The van der Waals surface area contributed by atoms with Crippen molar-refractivity contribution in [3.05, 3.63) is 52.0 Å². The van der Waals surface area contributed by atoms with Crippen LogP contribution < -0.4 is 5.32 Å². The number of nitrogens with one attached hydrogen (secondary N) is 1. The molecule has 0 saturated carbocycles. The van der Waals surface area contributed by atoms with Crippen molar-refractivity contribution in [2.45, 2.75) is 26.3 Å². The molecule has 0 aliphatic heterocycles. The summed E-state index contributed by atoms with van der Waals surface area (Å²) in [6, 6.07) is 6.69. The van der Waals surface area contributed by atoms with Gasteiger partial charge in [-0.15, -0.1) is 11.3 Å². The zero-order valence-corrected chi connectivity index (χ0v) is 11.1. The molecule has 0 bridgehead atoms. The number of aryl methyl sites for hydroxylation is 1. The molecule has 2 heterocycles. The maximum Gasteiger partial charge on any atom is 0.0588 e. The van der Waals surface area contributed by atoms with Crippen LogP contribution in [-0.2, 0) is 0 Å². The van der Waals surface area contributed by atoms with Gasteiger partial charge in [-0.1, -0.05) is 6.92 Å². The number of rotatable bonds is 5. The van der Waals surface area contributed by atoms with Crippen LogP contribution in [0.3, 0.4) is 0 Å². The Morgan fingerprint density at radius 1 is 1.29 bits per heavy atom. The minimum Gasteiger partial charge on any atom is -0.306 e. The lowest BCUT2D eigenvalue weighted by Gasteiger charge is -2.19. The lowest BCUT2D eigenvalue weighted by Crippen LogP contribution is -2.23. The Balaban J connectivity index is 2.29. The third-order valence-electron chi connectivity index (χ3n) is 2.85. The highest BCUT2D eigenvalue weighted by molar-refractivity contribution is 7.10. The quantitative estimate of drug-likeness (QED) is 0.873. The topological polar surface area (TPSA) is 24.9 Å². The largest absolute Gasteiger partial charge is 0.306 e. The molecule has 1 atom stereocenters. The van der Waals surface area contributed by atoms with Crippen LogP contribution in [0.1, 0.15) is 35.4 Å². The number of thiophene rings is 1. The molecule has 2 nitrogen and oxygen atoms in total. The summed E-state index contributed by atoms with van der Waals surface area (Å²) in [7, 11) is 0. The second-order valence-electron chi connectivity index (χ2n) is 4.10. The van der Waals surface area contributed by atoms with E-state index in [-0.39, 0.29) is 0 Å². The van der Waals surface area contributed by atoms with E-state index in [1.54, 1.807) is 11.3 Å². The first kappa shape index (κ1) is 12.3. The third kappa shape index (κ3) is 2.93. The molecule has 1 unspecified atom stereocenters. The Kier molecular flexibility index (Phi) is 4.29. The second kappa shape index (κ2) is 5.94. The van der Waals surface area contributed by atoms with Gasteiger partial charge < -0.3 is 5.32 Å². The predicted molar refractivity (Wildman–Crippen MR) is 73.4 cm³/mol. The predicted octanol–water partition coefficient (Wildman–Crippen LogP) is 3.54. The van der Waals surface area contributed by atoms with Crippen molar-refractivity contribution in [3.63, 3.8) is 0 Å².